The Bertz CT molecular complexity index is 1010. The molecule has 0 unspecified atom stereocenters. The number of anilines is 2. The van der Waals surface area contributed by atoms with Gasteiger partial charge in [-0.1, -0.05) is 36.4 Å². The average Bonchev–Trinajstić information content (AvgIpc) is 3.32. The number of nitrogens with one attached hydrogen (secondary N) is 2. The van der Waals surface area contributed by atoms with Gasteiger partial charge in [0.25, 0.3) is 0 Å². The molecule has 3 aliphatic rings. The number of fused-ring (bicyclic) bond motifs is 4. The van der Waals surface area contributed by atoms with E-state index in [1.54, 1.807) is 36.0 Å². The third-order valence-corrected chi connectivity index (χ3v) is 6.91. The summed E-state index contributed by atoms with van der Waals surface area (Å²) in [5, 5.41) is 6.37. The zero-order valence-corrected chi connectivity index (χ0v) is 16.7. The Morgan fingerprint density at radius 3 is 2.48 bits per heavy atom. The van der Waals surface area contributed by atoms with E-state index in [2.05, 4.69) is 10.6 Å². The van der Waals surface area contributed by atoms with Gasteiger partial charge < -0.3 is 5.32 Å². The van der Waals surface area contributed by atoms with Crippen LogP contribution in [0.3, 0.4) is 0 Å². The van der Waals surface area contributed by atoms with Crippen LogP contribution in [0.5, 0.6) is 0 Å². The minimum Gasteiger partial charge on any atom is -0.324 e. The quantitative estimate of drug-likeness (QED) is 0.761. The summed E-state index contributed by atoms with van der Waals surface area (Å²) in [6.07, 6.45) is 2.72. The van der Waals surface area contributed by atoms with Crippen molar-refractivity contribution in [2.75, 3.05) is 22.2 Å². The lowest BCUT2D eigenvalue weighted by molar-refractivity contribution is -0.130. The van der Waals surface area contributed by atoms with Gasteiger partial charge in [0, 0.05) is 17.3 Å². The van der Waals surface area contributed by atoms with Crippen molar-refractivity contribution in [1.29, 1.82) is 0 Å². The Kier molecular flexibility index (Phi) is 4.26. The number of nitrogens with zero attached hydrogens (tertiary/aromatic N) is 1. The van der Waals surface area contributed by atoms with E-state index in [1.807, 2.05) is 36.6 Å². The van der Waals surface area contributed by atoms with Crippen LogP contribution in [0.2, 0.25) is 0 Å². The molecule has 0 bridgehead atoms. The van der Waals surface area contributed by atoms with Gasteiger partial charge >= 0.3 is 0 Å². The topological polar surface area (TPSA) is 78.5 Å². The summed E-state index contributed by atoms with van der Waals surface area (Å²) < 4.78 is 0. The number of thioether (sulfide) groups is 1. The molecule has 0 saturated carbocycles. The van der Waals surface area contributed by atoms with Crippen LogP contribution < -0.4 is 15.5 Å². The molecule has 3 aliphatic heterocycles. The molecule has 7 heteroatoms. The van der Waals surface area contributed by atoms with Gasteiger partial charge in [0.1, 0.15) is 5.54 Å². The fourth-order valence-corrected chi connectivity index (χ4v) is 5.57. The molecule has 2 saturated heterocycles. The van der Waals surface area contributed by atoms with Crippen LogP contribution in [0, 0.1) is 11.8 Å². The Morgan fingerprint density at radius 1 is 1.00 bits per heavy atom. The molecule has 3 heterocycles. The van der Waals surface area contributed by atoms with Gasteiger partial charge in [0.2, 0.25) is 17.7 Å². The lowest BCUT2D eigenvalue weighted by Gasteiger charge is -2.29. The second kappa shape index (κ2) is 6.71. The molecule has 6 nitrogen and oxygen atoms in total. The van der Waals surface area contributed by atoms with Crippen molar-refractivity contribution in [3.63, 3.8) is 0 Å². The highest BCUT2D eigenvalue weighted by molar-refractivity contribution is 7.98. The van der Waals surface area contributed by atoms with Crippen molar-refractivity contribution in [1.82, 2.24) is 5.32 Å². The van der Waals surface area contributed by atoms with Crippen molar-refractivity contribution in [3.8, 4) is 0 Å². The lowest BCUT2D eigenvalue weighted by Crippen LogP contribution is -2.53. The van der Waals surface area contributed by atoms with Crippen molar-refractivity contribution < 1.29 is 14.4 Å². The van der Waals surface area contributed by atoms with E-state index in [0.29, 0.717) is 17.8 Å². The zero-order chi connectivity index (χ0) is 20.2. The molecule has 148 valence electrons. The first-order valence-corrected chi connectivity index (χ1v) is 11.1. The third-order valence-electron chi connectivity index (χ3n) is 6.27. The fraction of sp³-hybridized carbons (Fsp3) is 0.318. The van der Waals surface area contributed by atoms with Gasteiger partial charge in [0.15, 0.2) is 0 Å². The third kappa shape index (κ3) is 2.44. The van der Waals surface area contributed by atoms with Crippen molar-refractivity contribution in [2.45, 2.75) is 18.0 Å². The number of carbonyl (C=O) groups is 3. The first kappa shape index (κ1) is 18.4. The monoisotopic (exact) mass is 407 g/mol. The summed E-state index contributed by atoms with van der Waals surface area (Å²) in [7, 11) is 0. The van der Waals surface area contributed by atoms with E-state index in [4.69, 9.17) is 0 Å². The van der Waals surface area contributed by atoms with Crippen LogP contribution in [-0.4, -0.2) is 35.8 Å². The Balaban J connectivity index is 1.65. The van der Waals surface area contributed by atoms with E-state index >= 15 is 0 Å². The number of hydrogen-bond donors (Lipinski definition) is 2. The number of benzene rings is 2. The summed E-state index contributed by atoms with van der Waals surface area (Å²) >= 11 is 1.69. The predicted molar refractivity (Wildman–Crippen MR) is 113 cm³/mol. The van der Waals surface area contributed by atoms with E-state index in [1.165, 1.54) is 4.90 Å². The zero-order valence-electron chi connectivity index (χ0n) is 15.9. The summed E-state index contributed by atoms with van der Waals surface area (Å²) in [5.74, 6) is -1.27. The molecule has 1 spiro atoms. The van der Waals surface area contributed by atoms with Gasteiger partial charge in [-0.25, -0.2) is 4.90 Å². The maximum absolute atomic E-state index is 13.6. The number of imide groups is 1. The summed E-state index contributed by atoms with van der Waals surface area (Å²) in [5.41, 5.74) is 0.804. The van der Waals surface area contributed by atoms with Gasteiger partial charge in [-0.15, -0.1) is 0 Å². The standard InChI is InChI=1S/C22H21N3O3S/c1-29-12-11-16-17-18(20(27)25(19(17)26)13-7-3-2-4-8-13)22(24-16)14-9-5-6-10-15(14)23-21(22)28/h2-10,16-18,24H,11-12H2,1H3,(H,23,28)/t16-,17-,18-,22-/m0/s1. The molecule has 0 radical (unpaired) electrons. The minimum absolute atomic E-state index is 0.223. The normalized spacial score (nSPS) is 30.0. The van der Waals surface area contributed by atoms with E-state index < -0.39 is 17.4 Å². The highest BCUT2D eigenvalue weighted by atomic mass is 32.2. The SMILES string of the molecule is CSCC[C@@H]1N[C@]2(C(=O)Nc3ccccc32)[C@@H]2C(=O)N(c3ccccc3)C(=O)[C@@H]12. The molecule has 0 aliphatic carbocycles. The maximum atomic E-state index is 13.6. The molecule has 2 fully saturated rings. The largest absolute Gasteiger partial charge is 0.324 e. The van der Waals surface area contributed by atoms with E-state index in [0.717, 1.165) is 11.3 Å². The van der Waals surface area contributed by atoms with Crippen LogP contribution >= 0.6 is 11.8 Å². The Labute approximate surface area is 173 Å². The molecule has 29 heavy (non-hydrogen) atoms. The molecule has 3 amide bonds. The molecule has 2 N–H and O–H groups in total. The van der Waals surface area contributed by atoms with Gasteiger partial charge in [0.05, 0.1) is 17.5 Å². The average molecular weight is 407 g/mol. The van der Waals surface area contributed by atoms with Crippen LogP contribution in [0.15, 0.2) is 54.6 Å². The van der Waals surface area contributed by atoms with Gasteiger partial charge in [-0.3, -0.25) is 19.7 Å². The number of amides is 3. The number of carbonyl (C=O) groups excluding carboxylic acids is 3. The number of hydrogen-bond acceptors (Lipinski definition) is 5. The van der Waals surface area contributed by atoms with Crippen molar-refractivity contribution >= 4 is 40.9 Å². The molecular weight excluding hydrogens is 386 g/mol. The number of para-hydroxylation sites is 2. The van der Waals surface area contributed by atoms with Crippen molar-refractivity contribution in [3.05, 3.63) is 60.2 Å². The smallest absolute Gasteiger partial charge is 0.250 e. The molecule has 2 aromatic rings. The maximum Gasteiger partial charge on any atom is 0.250 e. The highest BCUT2D eigenvalue weighted by Crippen LogP contribution is 2.53. The minimum atomic E-state index is -1.21. The van der Waals surface area contributed by atoms with E-state index in [-0.39, 0.29) is 23.8 Å². The summed E-state index contributed by atoms with van der Waals surface area (Å²) in [6.45, 7) is 0. The molecule has 2 aromatic carbocycles. The van der Waals surface area contributed by atoms with Crippen LogP contribution in [-0.2, 0) is 19.9 Å². The Morgan fingerprint density at radius 2 is 1.72 bits per heavy atom. The first-order chi connectivity index (χ1) is 14.1. The first-order valence-electron chi connectivity index (χ1n) is 9.70. The molecule has 4 atom stereocenters. The van der Waals surface area contributed by atoms with E-state index in [9.17, 15) is 14.4 Å². The van der Waals surface area contributed by atoms with Crippen molar-refractivity contribution in [2.24, 2.45) is 11.8 Å². The second-order valence-electron chi connectivity index (χ2n) is 7.69. The molecule has 0 aromatic heterocycles. The van der Waals surface area contributed by atoms with Gasteiger partial charge in [-0.2, -0.15) is 11.8 Å². The van der Waals surface area contributed by atoms with Crippen LogP contribution in [0.4, 0.5) is 11.4 Å². The highest BCUT2D eigenvalue weighted by Gasteiger charge is 2.70. The summed E-state index contributed by atoms with van der Waals surface area (Å²) in [6, 6.07) is 16.2. The van der Waals surface area contributed by atoms with Crippen LogP contribution in [0.25, 0.3) is 0 Å². The predicted octanol–water partition coefficient (Wildman–Crippen LogP) is 2.36. The summed E-state index contributed by atoms with van der Waals surface area (Å²) in [4.78, 5) is 41.6. The number of rotatable bonds is 4. The van der Waals surface area contributed by atoms with Crippen LogP contribution in [0.1, 0.15) is 12.0 Å². The fourth-order valence-electron chi connectivity index (χ4n) is 5.08. The molecule has 5 rings (SSSR count). The lowest BCUT2D eigenvalue weighted by atomic mass is 9.76. The second-order valence-corrected chi connectivity index (χ2v) is 8.68. The molecular formula is C22H21N3O3S. The van der Waals surface area contributed by atoms with Gasteiger partial charge in [-0.05, 0) is 36.6 Å². The Hall–Kier alpha value is -2.64.